The van der Waals surface area contributed by atoms with Crippen molar-refractivity contribution < 1.29 is 18.0 Å². The van der Waals surface area contributed by atoms with Crippen LogP contribution >= 0.6 is 15.9 Å². The maximum Gasteiger partial charge on any atom is 0.244 e. The minimum atomic E-state index is -3.79. The maximum absolute atomic E-state index is 13.9. The van der Waals surface area contributed by atoms with Crippen LogP contribution in [-0.4, -0.2) is 51.0 Å². The zero-order chi connectivity index (χ0) is 27.2. The number of hydrogen-bond acceptors (Lipinski definition) is 4. The lowest BCUT2D eigenvalue weighted by molar-refractivity contribution is -0.139. The molecule has 1 atom stereocenters. The molecule has 0 aliphatic carbocycles. The number of carbonyl (C=O) groups excluding carboxylic acids is 2. The second-order valence-electron chi connectivity index (χ2n) is 9.03. The topological polar surface area (TPSA) is 86.8 Å². The minimum absolute atomic E-state index is 0.133. The van der Waals surface area contributed by atoms with Gasteiger partial charge < -0.3 is 10.2 Å². The number of sulfonamides is 1. The normalized spacial score (nSPS) is 12.0. The molecule has 0 aliphatic rings. The molecule has 7 nitrogen and oxygen atoms in total. The van der Waals surface area contributed by atoms with Gasteiger partial charge in [0, 0.05) is 24.5 Å². The number of aryl methyl sites for hydroxylation is 2. The van der Waals surface area contributed by atoms with Gasteiger partial charge in [-0.15, -0.1) is 0 Å². The summed E-state index contributed by atoms with van der Waals surface area (Å²) in [6.45, 7) is 3.43. The van der Waals surface area contributed by atoms with Crippen LogP contribution < -0.4 is 9.62 Å². The quantitative estimate of drug-likeness (QED) is 0.386. The predicted molar refractivity (Wildman–Crippen MR) is 151 cm³/mol. The molecule has 1 N–H and O–H groups in total. The van der Waals surface area contributed by atoms with E-state index in [2.05, 4.69) is 21.2 Å². The van der Waals surface area contributed by atoms with Crippen molar-refractivity contribution in [2.45, 2.75) is 32.9 Å². The van der Waals surface area contributed by atoms with Gasteiger partial charge in [0.25, 0.3) is 0 Å². The summed E-state index contributed by atoms with van der Waals surface area (Å²) >= 11 is 3.46. The molecule has 0 heterocycles. The van der Waals surface area contributed by atoms with Crippen molar-refractivity contribution in [3.63, 3.8) is 0 Å². The van der Waals surface area contributed by atoms with Gasteiger partial charge in [0.1, 0.15) is 12.6 Å². The van der Waals surface area contributed by atoms with Gasteiger partial charge in [-0.25, -0.2) is 8.42 Å². The van der Waals surface area contributed by atoms with Crippen LogP contribution in [0.1, 0.15) is 22.3 Å². The number of likely N-dealkylation sites (N-methyl/N-ethyl adjacent to an activating group) is 1. The molecule has 0 aromatic heterocycles. The second kappa shape index (κ2) is 12.4. The lowest BCUT2D eigenvalue weighted by atomic mass is 10.0. The van der Waals surface area contributed by atoms with Gasteiger partial charge in [-0.05, 0) is 48.7 Å². The van der Waals surface area contributed by atoms with Crippen LogP contribution in [0.25, 0.3) is 0 Å². The van der Waals surface area contributed by atoms with Crippen molar-refractivity contribution >= 4 is 43.5 Å². The second-order valence-corrected chi connectivity index (χ2v) is 11.9. The van der Waals surface area contributed by atoms with Crippen molar-refractivity contribution in [3.05, 3.63) is 99.5 Å². The first kappa shape index (κ1) is 28.4. The van der Waals surface area contributed by atoms with E-state index in [1.54, 1.807) is 6.07 Å². The van der Waals surface area contributed by atoms with E-state index in [0.717, 1.165) is 37.3 Å². The van der Waals surface area contributed by atoms with Gasteiger partial charge >= 0.3 is 0 Å². The number of amides is 2. The molecule has 0 bridgehead atoms. The fraction of sp³-hybridized carbons (Fsp3) is 0.286. The third-order valence-electron chi connectivity index (χ3n) is 6.06. The van der Waals surface area contributed by atoms with E-state index in [1.165, 1.54) is 11.9 Å². The average molecular weight is 587 g/mol. The standard InChI is InChI=1S/C28H32BrN3O4S/c1-20-13-14-25(21(2)15-20)32(37(4,35)36)19-27(33)31(18-23-11-8-12-24(29)16-23)26(28(34)30-3)17-22-9-6-5-7-10-22/h5-16,26H,17-19H2,1-4H3,(H,30,34)/t26-/m1/s1. The van der Waals surface area contributed by atoms with Gasteiger partial charge in [-0.3, -0.25) is 13.9 Å². The molecule has 2 amide bonds. The molecule has 37 heavy (non-hydrogen) atoms. The van der Waals surface area contributed by atoms with Gasteiger partial charge in [-0.2, -0.15) is 0 Å². The van der Waals surface area contributed by atoms with Crippen molar-refractivity contribution in [3.8, 4) is 0 Å². The highest BCUT2D eigenvalue weighted by Crippen LogP contribution is 2.25. The van der Waals surface area contributed by atoms with Crippen LogP contribution in [0.3, 0.4) is 0 Å². The Morgan fingerprint density at radius 3 is 2.22 bits per heavy atom. The Bertz CT molecular complexity index is 1360. The van der Waals surface area contributed by atoms with E-state index in [4.69, 9.17) is 0 Å². The largest absolute Gasteiger partial charge is 0.357 e. The molecule has 0 spiro atoms. The average Bonchev–Trinajstić information content (AvgIpc) is 2.84. The number of nitrogens with zero attached hydrogens (tertiary/aromatic N) is 2. The molecule has 196 valence electrons. The monoisotopic (exact) mass is 585 g/mol. The van der Waals surface area contributed by atoms with E-state index in [1.807, 2.05) is 80.6 Å². The molecule has 0 fully saturated rings. The minimum Gasteiger partial charge on any atom is -0.357 e. The number of carbonyl (C=O) groups is 2. The predicted octanol–water partition coefficient (Wildman–Crippen LogP) is 4.22. The molecule has 3 aromatic carbocycles. The lowest BCUT2D eigenvalue weighted by Crippen LogP contribution is -2.53. The fourth-order valence-electron chi connectivity index (χ4n) is 4.23. The highest BCUT2D eigenvalue weighted by atomic mass is 79.9. The molecule has 0 aliphatic heterocycles. The molecule has 0 saturated carbocycles. The molecular weight excluding hydrogens is 554 g/mol. The van der Waals surface area contributed by atoms with Gasteiger partial charge in [0.2, 0.25) is 21.8 Å². The third-order valence-corrected chi connectivity index (χ3v) is 7.68. The van der Waals surface area contributed by atoms with Crippen molar-refractivity contribution in [2.24, 2.45) is 0 Å². The number of benzene rings is 3. The summed E-state index contributed by atoms with van der Waals surface area (Å²) in [7, 11) is -2.27. The van der Waals surface area contributed by atoms with Crippen LogP contribution in [0.2, 0.25) is 0 Å². The van der Waals surface area contributed by atoms with Crippen LogP contribution in [0.5, 0.6) is 0 Å². The van der Waals surface area contributed by atoms with Gasteiger partial charge in [0.15, 0.2) is 0 Å². The summed E-state index contributed by atoms with van der Waals surface area (Å²) in [6, 6.07) is 21.5. The summed E-state index contributed by atoms with van der Waals surface area (Å²) in [5, 5.41) is 2.67. The Morgan fingerprint density at radius 2 is 1.62 bits per heavy atom. The summed E-state index contributed by atoms with van der Waals surface area (Å²) in [5.41, 5.74) is 3.85. The highest BCUT2D eigenvalue weighted by molar-refractivity contribution is 9.10. The van der Waals surface area contributed by atoms with Crippen LogP contribution in [-0.2, 0) is 32.6 Å². The van der Waals surface area contributed by atoms with Gasteiger partial charge in [0.05, 0.1) is 11.9 Å². The molecule has 3 rings (SSSR count). The highest BCUT2D eigenvalue weighted by Gasteiger charge is 2.33. The van der Waals surface area contributed by atoms with Crippen molar-refractivity contribution in [1.29, 1.82) is 0 Å². The van der Waals surface area contributed by atoms with E-state index in [9.17, 15) is 18.0 Å². The fourth-order valence-corrected chi connectivity index (χ4v) is 5.59. The first-order valence-electron chi connectivity index (χ1n) is 11.8. The lowest BCUT2D eigenvalue weighted by Gasteiger charge is -2.33. The summed E-state index contributed by atoms with van der Waals surface area (Å²) < 4.78 is 27.7. The number of halogens is 1. The number of rotatable bonds is 10. The number of nitrogens with one attached hydrogen (secondary N) is 1. The zero-order valence-corrected chi connectivity index (χ0v) is 23.8. The zero-order valence-electron chi connectivity index (χ0n) is 21.4. The Labute approximate surface area is 227 Å². The first-order chi connectivity index (χ1) is 17.5. The van der Waals surface area contributed by atoms with Crippen LogP contribution in [0.15, 0.2) is 77.3 Å². The third kappa shape index (κ3) is 7.66. The molecule has 3 aromatic rings. The molecule has 0 saturated heterocycles. The summed E-state index contributed by atoms with van der Waals surface area (Å²) in [4.78, 5) is 28.5. The molecular formula is C28H32BrN3O4S. The van der Waals surface area contributed by atoms with Gasteiger partial charge in [-0.1, -0.05) is 76.1 Å². The SMILES string of the molecule is CNC(=O)[C@@H](Cc1ccccc1)N(Cc1cccc(Br)c1)C(=O)CN(c1ccc(C)cc1C)S(C)(=O)=O. The Morgan fingerprint density at radius 1 is 0.946 bits per heavy atom. The van der Waals surface area contributed by atoms with Crippen molar-refractivity contribution in [1.82, 2.24) is 10.2 Å². The number of hydrogen-bond donors (Lipinski definition) is 1. The molecule has 9 heteroatoms. The van der Waals surface area contributed by atoms with E-state index >= 15 is 0 Å². The molecule has 0 radical (unpaired) electrons. The smallest absolute Gasteiger partial charge is 0.244 e. The molecule has 0 unspecified atom stereocenters. The Balaban J connectivity index is 2.05. The maximum atomic E-state index is 13.9. The first-order valence-corrected chi connectivity index (χ1v) is 14.5. The summed E-state index contributed by atoms with van der Waals surface area (Å²) in [5.74, 6) is -0.806. The van der Waals surface area contributed by atoms with Crippen LogP contribution in [0.4, 0.5) is 5.69 Å². The Hall–Kier alpha value is -3.17. The van der Waals surface area contributed by atoms with E-state index in [0.29, 0.717) is 5.69 Å². The van der Waals surface area contributed by atoms with Crippen molar-refractivity contribution in [2.75, 3.05) is 24.2 Å². The summed E-state index contributed by atoms with van der Waals surface area (Å²) in [6.07, 6.45) is 1.36. The number of anilines is 1. The van der Waals surface area contributed by atoms with Crippen LogP contribution in [0, 0.1) is 13.8 Å². The Kier molecular flexibility index (Phi) is 9.50. The van der Waals surface area contributed by atoms with E-state index < -0.39 is 28.5 Å². The van der Waals surface area contributed by atoms with E-state index in [-0.39, 0.29) is 18.9 Å².